The van der Waals surface area contributed by atoms with Crippen molar-refractivity contribution in [3.8, 4) is 0 Å². The second-order valence-corrected chi connectivity index (χ2v) is 4.71. The molecule has 0 bridgehead atoms. The third-order valence-corrected chi connectivity index (χ3v) is 2.98. The van der Waals surface area contributed by atoms with Crippen molar-refractivity contribution in [2.45, 2.75) is 13.0 Å². The second-order valence-electron chi connectivity index (χ2n) is 3.90. The molecule has 0 fully saturated rings. The molecule has 1 aromatic rings. The first-order valence-corrected chi connectivity index (χ1v) is 6.30. The zero-order valence-electron chi connectivity index (χ0n) is 10.4. The Hall–Kier alpha value is -1.79. The molecule has 0 aliphatic carbocycles. The van der Waals surface area contributed by atoms with Gasteiger partial charge in [-0.25, -0.2) is 4.79 Å². The lowest BCUT2D eigenvalue weighted by atomic mass is 10.2. The van der Waals surface area contributed by atoms with E-state index in [1.807, 2.05) is 0 Å². The topological polar surface area (TPSA) is 95.5 Å². The van der Waals surface area contributed by atoms with Crippen molar-refractivity contribution < 1.29 is 19.5 Å². The van der Waals surface area contributed by atoms with Gasteiger partial charge >= 0.3 is 5.97 Å². The number of carbonyl (C=O) groups is 3. The average molecular weight is 319 g/mol. The highest BCUT2D eigenvalue weighted by Gasteiger charge is 2.23. The van der Waals surface area contributed by atoms with E-state index >= 15 is 0 Å². The van der Waals surface area contributed by atoms with Gasteiger partial charge in [-0.05, 0) is 12.1 Å². The predicted molar refractivity (Wildman–Crippen MR) is 74.0 cm³/mol. The van der Waals surface area contributed by atoms with Crippen molar-refractivity contribution in [1.29, 1.82) is 0 Å². The minimum atomic E-state index is -1.28. The number of halogens is 2. The first-order valence-electron chi connectivity index (χ1n) is 5.55. The van der Waals surface area contributed by atoms with Crippen LogP contribution < -0.4 is 10.6 Å². The molecule has 2 amide bonds. The number of carboxylic acids is 1. The zero-order valence-corrected chi connectivity index (χ0v) is 12.0. The summed E-state index contributed by atoms with van der Waals surface area (Å²) in [6, 6.07) is 3.21. The normalized spacial score (nSPS) is 11.6. The Morgan fingerprint density at radius 2 is 1.80 bits per heavy atom. The van der Waals surface area contributed by atoms with Gasteiger partial charge in [0.25, 0.3) is 5.91 Å². The summed E-state index contributed by atoms with van der Waals surface area (Å²) in [7, 11) is 0. The van der Waals surface area contributed by atoms with Crippen LogP contribution in [0.4, 0.5) is 0 Å². The van der Waals surface area contributed by atoms with Crippen LogP contribution >= 0.6 is 23.2 Å². The van der Waals surface area contributed by atoms with E-state index in [2.05, 4.69) is 10.6 Å². The zero-order chi connectivity index (χ0) is 15.3. The number of hydrogen-bond acceptors (Lipinski definition) is 3. The average Bonchev–Trinajstić information content (AvgIpc) is 2.33. The van der Waals surface area contributed by atoms with Crippen LogP contribution in [-0.2, 0) is 9.59 Å². The van der Waals surface area contributed by atoms with Crippen LogP contribution in [0.15, 0.2) is 18.2 Å². The molecule has 6 nitrogen and oxygen atoms in total. The Balaban J connectivity index is 2.86. The lowest BCUT2D eigenvalue weighted by Gasteiger charge is -2.15. The van der Waals surface area contributed by atoms with E-state index < -0.39 is 23.8 Å². The van der Waals surface area contributed by atoms with E-state index in [0.29, 0.717) is 0 Å². The molecule has 0 saturated carbocycles. The van der Waals surface area contributed by atoms with Gasteiger partial charge in [-0.1, -0.05) is 29.3 Å². The molecule has 108 valence electrons. The van der Waals surface area contributed by atoms with Gasteiger partial charge in [-0.15, -0.1) is 0 Å². The summed E-state index contributed by atoms with van der Waals surface area (Å²) in [5.41, 5.74) is -0.00934. The molecule has 0 aliphatic rings. The molecule has 0 aromatic heterocycles. The maximum Gasteiger partial charge on any atom is 0.328 e. The molecule has 0 unspecified atom stereocenters. The standard InChI is InChI=1S/C12H12Cl2N2O4/c1-6(17)15-5-9(12(19)20)16-11(18)10-7(13)3-2-4-8(10)14/h2-4,9H,5H2,1H3,(H,15,17)(H,16,18)(H,19,20)/t9-/m0/s1. The lowest BCUT2D eigenvalue weighted by molar-refractivity contribution is -0.139. The third-order valence-electron chi connectivity index (χ3n) is 2.35. The number of amides is 2. The fraction of sp³-hybridized carbons (Fsp3) is 0.250. The molecule has 0 heterocycles. The summed E-state index contributed by atoms with van der Waals surface area (Å²) in [5, 5.41) is 13.8. The van der Waals surface area contributed by atoms with Crippen LogP contribution in [0.25, 0.3) is 0 Å². The van der Waals surface area contributed by atoms with Crippen LogP contribution in [0.3, 0.4) is 0 Å². The molecular weight excluding hydrogens is 307 g/mol. The Kier molecular flexibility index (Phi) is 5.79. The Morgan fingerprint density at radius 3 is 2.25 bits per heavy atom. The molecule has 20 heavy (non-hydrogen) atoms. The van der Waals surface area contributed by atoms with Crippen LogP contribution in [0.1, 0.15) is 17.3 Å². The summed E-state index contributed by atoms with van der Waals surface area (Å²) < 4.78 is 0. The van der Waals surface area contributed by atoms with Crippen LogP contribution in [0, 0.1) is 0 Å². The summed E-state index contributed by atoms with van der Waals surface area (Å²) in [6.45, 7) is 1.00. The van der Waals surface area contributed by atoms with Crippen molar-refractivity contribution in [2.24, 2.45) is 0 Å². The Bertz CT molecular complexity index is 528. The first kappa shape index (κ1) is 16.3. The van der Waals surface area contributed by atoms with Crippen molar-refractivity contribution in [3.63, 3.8) is 0 Å². The monoisotopic (exact) mass is 318 g/mol. The minimum Gasteiger partial charge on any atom is -0.480 e. The summed E-state index contributed by atoms with van der Waals surface area (Å²) >= 11 is 11.7. The fourth-order valence-electron chi connectivity index (χ4n) is 1.39. The largest absolute Gasteiger partial charge is 0.480 e. The highest BCUT2D eigenvalue weighted by atomic mass is 35.5. The molecule has 0 saturated heterocycles. The van der Waals surface area contributed by atoms with Crippen LogP contribution in [0.2, 0.25) is 10.0 Å². The number of carbonyl (C=O) groups excluding carboxylic acids is 2. The van der Waals surface area contributed by atoms with Gasteiger partial charge in [0.2, 0.25) is 5.91 Å². The molecular formula is C12H12Cl2N2O4. The summed E-state index contributed by atoms with van der Waals surface area (Å²) in [5.74, 6) is -2.41. The number of rotatable bonds is 5. The quantitative estimate of drug-likeness (QED) is 0.762. The van der Waals surface area contributed by atoms with Crippen molar-refractivity contribution in [3.05, 3.63) is 33.8 Å². The summed E-state index contributed by atoms with van der Waals surface area (Å²) in [6.07, 6.45) is 0. The van der Waals surface area contributed by atoms with E-state index in [9.17, 15) is 14.4 Å². The highest BCUT2D eigenvalue weighted by molar-refractivity contribution is 6.39. The van der Waals surface area contributed by atoms with Crippen LogP contribution in [-0.4, -0.2) is 35.5 Å². The Labute approximate surface area is 125 Å². The van der Waals surface area contributed by atoms with Gasteiger partial charge in [0.1, 0.15) is 6.04 Å². The highest BCUT2D eigenvalue weighted by Crippen LogP contribution is 2.24. The van der Waals surface area contributed by atoms with Crippen LogP contribution in [0.5, 0.6) is 0 Å². The van der Waals surface area contributed by atoms with E-state index in [0.717, 1.165) is 0 Å². The van der Waals surface area contributed by atoms with Crippen molar-refractivity contribution in [2.75, 3.05) is 6.54 Å². The molecule has 1 aromatic carbocycles. The number of nitrogens with one attached hydrogen (secondary N) is 2. The molecule has 0 spiro atoms. The predicted octanol–water partition coefficient (Wildman–Crippen LogP) is 1.31. The first-order chi connectivity index (χ1) is 9.32. The van der Waals surface area contributed by atoms with E-state index in [4.69, 9.17) is 28.3 Å². The third kappa shape index (κ3) is 4.40. The Morgan fingerprint density at radius 1 is 1.25 bits per heavy atom. The van der Waals surface area contributed by atoms with Gasteiger partial charge in [-0.3, -0.25) is 9.59 Å². The van der Waals surface area contributed by atoms with E-state index in [1.165, 1.54) is 19.1 Å². The van der Waals surface area contributed by atoms with Gasteiger partial charge in [0.05, 0.1) is 15.6 Å². The van der Waals surface area contributed by atoms with Crippen molar-refractivity contribution >= 4 is 41.0 Å². The molecule has 8 heteroatoms. The number of benzene rings is 1. The number of aliphatic carboxylic acids is 1. The van der Waals surface area contributed by atoms with Crippen molar-refractivity contribution in [1.82, 2.24) is 10.6 Å². The van der Waals surface area contributed by atoms with E-state index in [-0.39, 0.29) is 22.2 Å². The molecule has 1 atom stereocenters. The van der Waals surface area contributed by atoms with Gasteiger partial charge < -0.3 is 15.7 Å². The maximum absolute atomic E-state index is 12.0. The fourth-order valence-corrected chi connectivity index (χ4v) is 1.96. The minimum absolute atomic E-state index is 0.00934. The summed E-state index contributed by atoms with van der Waals surface area (Å²) in [4.78, 5) is 33.8. The SMILES string of the molecule is CC(=O)NC[C@H](NC(=O)c1c(Cl)cccc1Cl)C(=O)O. The lowest BCUT2D eigenvalue weighted by Crippen LogP contribution is -2.48. The maximum atomic E-state index is 12.0. The number of carboxylic acid groups (broad SMARTS) is 1. The smallest absolute Gasteiger partial charge is 0.328 e. The number of hydrogen-bond donors (Lipinski definition) is 3. The van der Waals surface area contributed by atoms with Gasteiger partial charge in [0.15, 0.2) is 0 Å². The molecule has 0 radical (unpaired) electrons. The molecule has 1 rings (SSSR count). The second kappa shape index (κ2) is 7.12. The molecule has 3 N–H and O–H groups in total. The van der Waals surface area contributed by atoms with Gasteiger partial charge in [-0.2, -0.15) is 0 Å². The van der Waals surface area contributed by atoms with E-state index in [1.54, 1.807) is 6.07 Å². The molecule has 0 aliphatic heterocycles. The van der Waals surface area contributed by atoms with Gasteiger partial charge in [0, 0.05) is 13.5 Å².